The molecular formula is C13H22N4O. The molecule has 0 saturated heterocycles. The molecule has 18 heavy (non-hydrogen) atoms. The van der Waals surface area contributed by atoms with Crippen molar-refractivity contribution in [3.8, 4) is 0 Å². The number of hydrogen-bond acceptors (Lipinski definition) is 5. The van der Waals surface area contributed by atoms with Gasteiger partial charge in [0.1, 0.15) is 0 Å². The fraction of sp³-hybridized carbons (Fsp3) is 0.692. The number of nitrogens with one attached hydrogen (secondary N) is 1. The van der Waals surface area contributed by atoms with Crippen molar-refractivity contribution >= 4 is 5.95 Å². The minimum atomic E-state index is 0.152. The quantitative estimate of drug-likeness (QED) is 0.754. The van der Waals surface area contributed by atoms with Gasteiger partial charge in [-0.05, 0) is 25.8 Å². The van der Waals surface area contributed by atoms with Crippen LogP contribution in [0.5, 0.6) is 0 Å². The largest absolute Gasteiger partial charge is 0.395 e. The molecule has 1 aromatic rings. The van der Waals surface area contributed by atoms with E-state index in [1.165, 1.54) is 19.3 Å². The van der Waals surface area contributed by atoms with Crippen LogP contribution in [0.2, 0.25) is 0 Å². The van der Waals surface area contributed by atoms with Gasteiger partial charge in [0.05, 0.1) is 6.61 Å². The Morgan fingerprint density at radius 3 is 2.61 bits per heavy atom. The predicted octanol–water partition coefficient (Wildman–Crippen LogP) is 0.937. The average Bonchev–Trinajstić information content (AvgIpc) is 2.34. The Morgan fingerprint density at radius 1 is 1.39 bits per heavy atom. The molecule has 5 nitrogen and oxygen atoms in total. The fourth-order valence-electron chi connectivity index (χ4n) is 2.11. The summed E-state index contributed by atoms with van der Waals surface area (Å²) < 4.78 is 0. The topological polar surface area (TPSA) is 61.3 Å². The van der Waals surface area contributed by atoms with E-state index >= 15 is 0 Å². The number of rotatable bonds is 7. The molecule has 5 heteroatoms. The maximum atomic E-state index is 9.13. The van der Waals surface area contributed by atoms with Crippen LogP contribution in [0.15, 0.2) is 12.4 Å². The molecule has 0 atom stereocenters. The summed E-state index contributed by atoms with van der Waals surface area (Å²) in [6.45, 7) is 4.60. The Kier molecular flexibility index (Phi) is 4.90. The Balaban J connectivity index is 2.00. The van der Waals surface area contributed by atoms with Crippen molar-refractivity contribution in [2.75, 3.05) is 24.6 Å². The molecule has 1 saturated carbocycles. The number of nitrogens with zero attached hydrogens (tertiary/aromatic N) is 3. The van der Waals surface area contributed by atoms with E-state index in [9.17, 15) is 0 Å². The van der Waals surface area contributed by atoms with E-state index < -0.39 is 0 Å². The van der Waals surface area contributed by atoms with Gasteiger partial charge in [0.25, 0.3) is 0 Å². The van der Waals surface area contributed by atoms with Gasteiger partial charge in [-0.15, -0.1) is 0 Å². The summed E-state index contributed by atoms with van der Waals surface area (Å²) in [5.41, 5.74) is 1.10. The summed E-state index contributed by atoms with van der Waals surface area (Å²) in [5.74, 6) is 0.744. The first kappa shape index (κ1) is 13.2. The van der Waals surface area contributed by atoms with E-state index in [0.717, 1.165) is 24.6 Å². The fourth-order valence-corrected chi connectivity index (χ4v) is 2.11. The average molecular weight is 250 g/mol. The molecule has 0 amide bonds. The van der Waals surface area contributed by atoms with Crippen LogP contribution in [0.25, 0.3) is 0 Å². The second-order valence-corrected chi connectivity index (χ2v) is 4.67. The lowest BCUT2D eigenvalue weighted by atomic mass is 9.92. The van der Waals surface area contributed by atoms with Crippen LogP contribution in [0.3, 0.4) is 0 Å². The highest BCUT2D eigenvalue weighted by molar-refractivity contribution is 5.32. The lowest BCUT2D eigenvalue weighted by Gasteiger charge is -2.37. The molecule has 1 aliphatic rings. The molecule has 0 aromatic carbocycles. The SMILES string of the molecule is CCNCc1cnc(N(CCO)C2CCC2)nc1. The third-order valence-corrected chi connectivity index (χ3v) is 3.38. The maximum Gasteiger partial charge on any atom is 0.225 e. The Labute approximate surface area is 108 Å². The summed E-state index contributed by atoms with van der Waals surface area (Å²) in [5, 5.41) is 12.4. The van der Waals surface area contributed by atoms with Gasteiger partial charge in [0.2, 0.25) is 5.95 Å². The van der Waals surface area contributed by atoms with Crippen LogP contribution >= 0.6 is 0 Å². The first-order valence-corrected chi connectivity index (χ1v) is 6.74. The number of aliphatic hydroxyl groups is 1. The minimum absolute atomic E-state index is 0.152. The smallest absolute Gasteiger partial charge is 0.225 e. The van der Waals surface area contributed by atoms with Crippen molar-refractivity contribution in [2.45, 2.75) is 38.8 Å². The molecular weight excluding hydrogens is 228 g/mol. The molecule has 1 heterocycles. The van der Waals surface area contributed by atoms with Crippen molar-refractivity contribution in [1.29, 1.82) is 0 Å². The van der Waals surface area contributed by atoms with Gasteiger partial charge in [-0.25, -0.2) is 9.97 Å². The summed E-state index contributed by atoms with van der Waals surface area (Å²) in [6.07, 6.45) is 7.37. The maximum absolute atomic E-state index is 9.13. The molecule has 0 bridgehead atoms. The van der Waals surface area contributed by atoms with Crippen molar-refractivity contribution in [3.05, 3.63) is 18.0 Å². The zero-order chi connectivity index (χ0) is 12.8. The zero-order valence-electron chi connectivity index (χ0n) is 11.0. The van der Waals surface area contributed by atoms with Gasteiger partial charge in [-0.2, -0.15) is 0 Å². The van der Waals surface area contributed by atoms with Crippen LogP contribution in [0.4, 0.5) is 5.95 Å². The molecule has 0 unspecified atom stereocenters. The van der Waals surface area contributed by atoms with Crippen molar-refractivity contribution in [3.63, 3.8) is 0 Å². The first-order valence-electron chi connectivity index (χ1n) is 6.74. The molecule has 0 radical (unpaired) electrons. The highest BCUT2D eigenvalue weighted by atomic mass is 16.3. The molecule has 2 rings (SSSR count). The summed E-state index contributed by atoms with van der Waals surface area (Å²) >= 11 is 0. The molecule has 0 aliphatic heterocycles. The second kappa shape index (κ2) is 6.66. The number of hydrogen-bond donors (Lipinski definition) is 2. The van der Waals surface area contributed by atoms with Crippen LogP contribution < -0.4 is 10.2 Å². The number of anilines is 1. The van der Waals surface area contributed by atoms with Gasteiger partial charge in [-0.1, -0.05) is 6.92 Å². The molecule has 1 aromatic heterocycles. The third kappa shape index (κ3) is 3.17. The standard InChI is InChI=1S/C13H22N4O/c1-2-14-8-11-9-15-13(16-10-11)17(6-7-18)12-4-3-5-12/h9-10,12,14,18H,2-8H2,1H3. The lowest BCUT2D eigenvalue weighted by Crippen LogP contribution is -2.42. The summed E-state index contributed by atoms with van der Waals surface area (Å²) in [6, 6.07) is 0.511. The van der Waals surface area contributed by atoms with E-state index in [0.29, 0.717) is 12.6 Å². The molecule has 0 spiro atoms. The van der Waals surface area contributed by atoms with Crippen LogP contribution in [0.1, 0.15) is 31.7 Å². The van der Waals surface area contributed by atoms with E-state index in [4.69, 9.17) is 5.11 Å². The normalized spacial score (nSPS) is 15.4. The highest BCUT2D eigenvalue weighted by Crippen LogP contribution is 2.27. The van der Waals surface area contributed by atoms with Gasteiger partial charge >= 0.3 is 0 Å². The first-order chi connectivity index (χ1) is 8.85. The van der Waals surface area contributed by atoms with E-state index in [1.54, 1.807) is 0 Å². The molecule has 1 aliphatic carbocycles. The molecule has 2 N–H and O–H groups in total. The van der Waals surface area contributed by atoms with E-state index in [-0.39, 0.29) is 6.61 Å². The van der Waals surface area contributed by atoms with Crippen LogP contribution in [0, 0.1) is 0 Å². The summed E-state index contributed by atoms with van der Waals surface area (Å²) in [7, 11) is 0. The van der Waals surface area contributed by atoms with Gasteiger partial charge in [0, 0.05) is 37.1 Å². The molecule has 1 fully saturated rings. The Bertz CT molecular complexity index is 351. The van der Waals surface area contributed by atoms with Crippen molar-refractivity contribution in [2.24, 2.45) is 0 Å². The second-order valence-electron chi connectivity index (χ2n) is 4.67. The molecule has 100 valence electrons. The minimum Gasteiger partial charge on any atom is -0.395 e. The van der Waals surface area contributed by atoms with E-state index in [2.05, 4.69) is 27.1 Å². The highest BCUT2D eigenvalue weighted by Gasteiger charge is 2.26. The Morgan fingerprint density at radius 2 is 2.11 bits per heavy atom. The number of aliphatic hydroxyl groups excluding tert-OH is 1. The van der Waals surface area contributed by atoms with Crippen molar-refractivity contribution < 1.29 is 5.11 Å². The van der Waals surface area contributed by atoms with Crippen LogP contribution in [-0.2, 0) is 6.54 Å². The summed E-state index contributed by atoms with van der Waals surface area (Å²) in [4.78, 5) is 11.0. The Hall–Kier alpha value is -1.20. The van der Waals surface area contributed by atoms with Gasteiger partial charge < -0.3 is 15.3 Å². The van der Waals surface area contributed by atoms with Crippen LogP contribution in [-0.4, -0.2) is 40.8 Å². The van der Waals surface area contributed by atoms with Crippen molar-refractivity contribution in [1.82, 2.24) is 15.3 Å². The lowest BCUT2D eigenvalue weighted by molar-refractivity contribution is 0.282. The van der Waals surface area contributed by atoms with Gasteiger partial charge in [-0.3, -0.25) is 0 Å². The predicted molar refractivity (Wildman–Crippen MR) is 71.5 cm³/mol. The van der Waals surface area contributed by atoms with Gasteiger partial charge in [0.15, 0.2) is 0 Å². The zero-order valence-corrected chi connectivity index (χ0v) is 11.0. The van der Waals surface area contributed by atoms with E-state index in [1.807, 2.05) is 12.4 Å². The number of aromatic nitrogens is 2. The monoisotopic (exact) mass is 250 g/mol. The third-order valence-electron chi connectivity index (χ3n) is 3.38.